The highest BCUT2D eigenvalue weighted by molar-refractivity contribution is 5.96. The molecule has 0 aliphatic rings. The lowest BCUT2D eigenvalue weighted by Gasteiger charge is -2.00. The molecule has 0 amide bonds. The van der Waals surface area contributed by atoms with E-state index in [0.717, 1.165) is 17.7 Å². The fourth-order valence-corrected chi connectivity index (χ4v) is 1.82. The average Bonchev–Trinajstić information content (AvgIpc) is 2.80. The zero-order valence-electron chi connectivity index (χ0n) is 10.5. The molecule has 0 spiro atoms. The number of methoxy groups -OCH3 is 1. The molecular formula is C14H16N2O2. The maximum atomic E-state index is 11.5. The smallest absolute Gasteiger partial charge is 0.341 e. The summed E-state index contributed by atoms with van der Waals surface area (Å²) in [5, 5.41) is 0. The van der Waals surface area contributed by atoms with Gasteiger partial charge in [-0.2, -0.15) is 0 Å². The zero-order chi connectivity index (χ0) is 13.1. The molecule has 0 unspecified atom stereocenters. The van der Waals surface area contributed by atoms with Crippen molar-refractivity contribution in [2.75, 3.05) is 12.8 Å². The van der Waals surface area contributed by atoms with Crippen molar-refractivity contribution < 1.29 is 9.53 Å². The lowest BCUT2D eigenvalue weighted by atomic mass is 10.1. The first-order chi connectivity index (χ1) is 8.65. The second kappa shape index (κ2) is 4.96. The third-order valence-electron chi connectivity index (χ3n) is 2.93. The highest BCUT2D eigenvalue weighted by Crippen LogP contribution is 2.24. The first-order valence-corrected chi connectivity index (χ1v) is 5.81. The summed E-state index contributed by atoms with van der Waals surface area (Å²) in [5.41, 5.74) is 9.20. The molecule has 4 heteroatoms. The van der Waals surface area contributed by atoms with Gasteiger partial charge in [0.2, 0.25) is 0 Å². The number of aromatic nitrogens is 1. The van der Waals surface area contributed by atoms with E-state index < -0.39 is 5.97 Å². The Kier molecular flexibility index (Phi) is 3.37. The van der Waals surface area contributed by atoms with E-state index >= 15 is 0 Å². The Hall–Kier alpha value is -2.23. The number of aromatic amines is 1. The summed E-state index contributed by atoms with van der Waals surface area (Å²) < 4.78 is 4.66. The summed E-state index contributed by atoms with van der Waals surface area (Å²) in [6.45, 7) is 2.11. The highest BCUT2D eigenvalue weighted by atomic mass is 16.5. The van der Waals surface area contributed by atoms with E-state index in [1.807, 2.05) is 12.1 Å². The first kappa shape index (κ1) is 12.2. The molecule has 0 aliphatic heterocycles. The van der Waals surface area contributed by atoms with Gasteiger partial charge in [-0.25, -0.2) is 4.79 Å². The zero-order valence-corrected chi connectivity index (χ0v) is 10.5. The molecule has 0 atom stereocenters. The van der Waals surface area contributed by atoms with Crippen LogP contribution in [-0.2, 0) is 11.2 Å². The number of carbonyl (C=O) groups is 1. The minimum Gasteiger partial charge on any atom is -0.465 e. The molecule has 18 heavy (non-hydrogen) atoms. The number of hydrogen-bond acceptors (Lipinski definition) is 3. The molecule has 0 aliphatic carbocycles. The second-order valence-electron chi connectivity index (χ2n) is 4.05. The molecule has 2 aromatic rings. The van der Waals surface area contributed by atoms with Crippen molar-refractivity contribution in [3.63, 3.8) is 0 Å². The van der Waals surface area contributed by atoms with Crippen LogP contribution in [0.4, 0.5) is 5.82 Å². The van der Waals surface area contributed by atoms with Crippen molar-refractivity contribution >= 4 is 11.8 Å². The van der Waals surface area contributed by atoms with Crippen molar-refractivity contribution in [3.8, 4) is 11.3 Å². The van der Waals surface area contributed by atoms with Crippen LogP contribution in [0.1, 0.15) is 22.8 Å². The number of anilines is 1. The summed E-state index contributed by atoms with van der Waals surface area (Å²) in [5.74, 6) is -0.100. The van der Waals surface area contributed by atoms with Crippen LogP contribution in [0.25, 0.3) is 11.3 Å². The Morgan fingerprint density at radius 1 is 1.33 bits per heavy atom. The maximum Gasteiger partial charge on any atom is 0.341 e. The van der Waals surface area contributed by atoms with Crippen molar-refractivity contribution in [3.05, 3.63) is 41.5 Å². The molecular weight excluding hydrogens is 228 g/mol. The second-order valence-corrected chi connectivity index (χ2v) is 4.05. The molecule has 0 bridgehead atoms. The number of benzene rings is 1. The summed E-state index contributed by atoms with van der Waals surface area (Å²) in [6.07, 6.45) is 1.00. The van der Waals surface area contributed by atoms with Gasteiger partial charge >= 0.3 is 5.97 Å². The molecule has 3 N–H and O–H groups in total. The Balaban J connectivity index is 2.36. The minimum atomic E-state index is -0.430. The Morgan fingerprint density at radius 2 is 2.00 bits per heavy atom. The average molecular weight is 244 g/mol. The van der Waals surface area contributed by atoms with E-state index in [2.05, 4.69) is 28.8 Å². The van der Waals surface area contributed by atoms with Gasteiger partial charge in [-0.3, -0.25) is 0 Å². The van der Waals surface area contributed by atoms with Crippen molar-refractivity contribution in [2.45, 2.75) is 13.3 Å². The van der Waals surface area contributed by atoms with Gasteiger partial charge in [0, 0.05) is 5.69 Å². The number of carbonyl (C=O) groups excluding carboxylic acids is 1. The van der Waals surface area contributed by atoms with Gasteiger partial charge < -0.3 is 15.5 Å². The van der Waals surface area contributed by atoms with Crippen LogP contribution in [0.15, 0.2) is 30.3 Å². The lowest BCUT2D eigenvalue weighted by molar-refractivity contribution is 0.0602. The lowest BCUT2D eigenvalue weighted by Crippen LogP contribution is -2.02. The molecule has 4 nitrogen and oxygen atoms in total. The van der Waals surface area contributed by atoms with E-state index in [4.69, 9.17) is 5.73 Å². The third-order valence-corrected chi connectivity index (χ3v) is 2.93. The number of hydrogen-bond donors (Lipinski definition) is 2. The fraction of sp³-hybridized carbons (Fsp3) is 0.214. The largest absolute Gasteiger partial charge is 0.465 e. The van der Waals surface area contributed by atoms with Crippen molar-refractivity contribution in [1.29, 1.82) is 0 Å². The molecule has 0 radical (unpaired) electrons. The molecule has 94 valence electrons. The van der Waals surface area contributed by atoms with E-state index in [-0.39, 0.29) is 0 Å². The summed E-state index contributed by atoms with van der Waals surface area (Å²) in [7, 11) is 1.34. The molecule has 0 saturated carbocycles. The molecule has 2 rings (SSSR count). The van der Waals surface area contributed by atoms with E-state index in [9.17, 15) is 4.79 Å². The SMILES string of the molecule is CCc1ccc(-c2cc(C(=O)OC)c(N)[nH]2)cc1. The summed E-state index contributed by atoms with van der Waals surface area (Å²) in [4.78, 5) is 14.4. The Bertz CT molecular complexity index is 556. The van der Waals surface area contributed by atoms with E-state index in [1.165, 1.54) is 12.7 Å². The normalized spacial score (nSPS) is 10.3. The topological polar surface area (TPSA) is 68.1 Å². The number of nitrogens with one attached hydrogen (secondary N) is 1. The van der Waals surface area contributed by atoms with Crippen LogP contribution in [0.3, 0.4) is 0 Å². The first-order valence-electron chi connectivity index (χ1n) is 5.81. The number of esters is 1. The maximum absolute atomic E-state index is 11.5. The van der Waals surface area contributed by atoms with E-state index in [1.54, 1.807) is 6.07 Å². The Morgan fingerprint density at radius 3 is 2.56 bits per heavy atom. The summed E-state index contributed by atoms with van der Waals surface area (Å²) >= 11 is 0. The quantitative estimate of drug-likeness (QED) is 0.815. The predicted molar refractivity (Wildman–Crippen MR) is 71.4 cm³/mol. The van der Waals surface area contributed by atoms with Gasteiger partial charge in [-0.1, -0.05) is 31.2 Å². The van der Waals surface area contributed by atoms with Gasteiger partial charge in [0.15, 0.2) is 0 Å². The standard InChI is InChI=1S/C14H16N2O2/c1-3-9-4-6-10(7-5-9)12-8-11(13(15)16-12)14(17)18-2/h4-8,16H,3,15H2,1-2H3. The van der Waals surface area contributed by atoms with Crippen LogP contribution in [-0.4, -0.2) is 18.1 Å². The molecule has 0 saturated heterocycles. The number of nitrogens with two attached hydrogens (primary N) is 1. The fourth-order valence-electron chi connectivity index (χ4n) is 1.82. The van der Waals surface area contributed by atoms with Gasteiger partial charge in [0.1, 0.15) is 11.4 Å². The van der Waals surface area contributed by atoms with Gasteiger partial charge in [0.25, 0.3) is 0 Å². The van der Waals surface area contributed by atoms with Gasteiger partial charge in [-0.15, -0.1) is 0 Å². The molecule has 1 aromatic carbocycles. The Labute approximate surface area is 106 Å². The highest BCUT2D eigenvalue weighted by Gasteiger charge is 2.14. The monoisotopic (exact) mass is 244 g/mol. The number of aryl methyl sites for hydroxylation is 1. The molecule has 1 heterocycles. The van der Waals surface area contributed by atoms with E-state index in [0.29, 0.717) is 11.4 Å². The number of H-pyrrole nitrogens is 1. The van der Waals surface area contributed by atoms with Crippen molar-refractivity contribution in [2.24, 2.45) is 0 Å². The minimum absolute atomic E-state index is 0.330. The van der Waals surface area contributed by atoms with Gasteiger partial charge in [0.05, 0.1) is 7.11 Å². The third kappa shape index (κ3) is 2.22. The number of ether oxygens (including phenoxy) is 1. The van der Waals surface area contributed by atoms with Crippen molar-refractivity contribution in [1.82, 2.24) is 4.98 Å². The summed E-state index contributed by atoms with van der Waals surface area (Å²) in [6, 6.07) is 9.84. The van der Waals surface area contributed by atoms with Gasteiger partial charge in [-0.05, 0) is 23.6 Å². The van der Waals surface area contributed by atoms with Crippen LogP contribution in [0.5, 0.6) is 0 Å². The molecule has 0 fully saturated rings. The predicted octanol–water partition coefficient (Wildman–Crippen LogP) is 2.61. The number of rotatable bonds is 3. The van der Waals surface area contributed by atoms with Crippen LogP contribution in [0.2, 0.25) is 0 Å². The van der Waals surface area contributed by atoms with Crippen LogP contribution < -0.4 is 5.73 Å². The van der Waals surface area contributed by atoms with Crippen LogP contribution in [0, 0.1) is 0 Å². The number of nitrogen functional groups attached to an aromatic ring is 1. The molecule has 1 aromatic heterocycles. The van der Waals surface area contributed by atoms with Crippen LogP contribution >= 0.6 is 0 Å².